The van der Waals surface area contributed by atoms with Crippen molar-refractivity contribution in [3.63, 3.8) is 0 Å². The maximum absolute atomic E-state index is 4.40. The second kappa shape index (κ2) is 7.09. The fourth-order valence-corrected chi connectivity index (χ4v) is 3.54. The van der Waals surface area contributed by atoms with Crippen molar-refractivity contribution in [2.75, 3.05) is 18.8 Å². The topological polar surface area (TPSA) is 60.6 Å². The Kier molecular flexibility index (Phi) is 4.92. The molecule has 3 rings (SSSR count). The van der Waals surface area contributed by atoms with Crippen LogP contribution in [0.1, 0.15) is 31.0 Å². The molecule has 0 saturated carbocycles. The van der Waals surface area contributed by atoms with Gasteiger partial charge < -0.3 is 9.88 Å². The summed E-state index contributed by atoms with van der Waals surface area (Å²) >= 11 is 1.78. The van der Waals surface area contributed by atoms with Crippen LogP contribution >= 0.6 is 11.8 Å². The first-order chi connectivity index (χ1) is 10.3. The SMILES string of the molecule is Cn1c(SCCCn2cccn2)nnc1C1CCCNC1. The third kappa shape index (κ3) is 3.65. The van der Waals surface area contributed by atoms with Gasteiger partial charge in [-0.05, 0) is 31.9 Å². The molecule has 7 heteroatoms. The zero-order valence-corrected chi connectivity index (χ0v) is 13.2. The van der Waals surface area contributed by atoms with Gasteiger partial charge in [0.05, 0.1) is 0 Å². The van der Waals surface area contributed by atoms with E-state index in [2.05, 4.69) is 32.2 Å². The summed E-state index contributed by atoms with van der Waals surface area (Å²) in [7, 11) is 2.08. The van der Waals surface area contributed by atoms with Gasteiger partial charge in [-0.25, -0.2) is 0 Å². The van der Waals surface area contributed by atoms with Crippen molar-refractivity contribution < 1.29 is 0 Å². The molecule has 1 N–H and O–H groups in total. The fourth-order valence-electron chi connectivity index (χ4n) is 2.70. The van der Waals surface area contributed by atoms with Gasteiger partial charge in [-0.1, -0.05) is 11.8 Å². The Morgan fingerprint density at radius 3 is 3.14 bits per heavy atom. The number of rotatable bonds is 6. The van der Waals surface area contributed by atoms with E-state index < -0.39 is 0 Å². The predicted molar refractivity (Wildman–Crippen MR) is 83.4 cm³/mol. The molecule has 0 aromatic carbocycles. The Labute approximate surface area is 129 Å². The average Bonchev–Trinajstić information content (AvgIpc) is 3.15. The molecule has 0 radical (unpaired) electrons. The van der Waals surface area contributed by atoms with E-state index in [0.717, 1.165) is 42.8 Å². The van der Waals surface area contributed by atoms with Crippen LogP contribution in [0.2, 0.25) is 0 Å². The van der Waals surface area contributed by atoms with Gasteiger partial charge in [0.25, 0.3) is 0 Å². The standard InChI is InChI=1S/C14H22N6S/c1-19-13(12-5-2-6-15-11-12)17-18-14(19)21-10-4-9-20-8-3-7-16-20/h3,7-8,12,15H,2,4-6,9-11H2,1H3. The number of aryl methyl sites for hydroxylation is 1. The molecular weight excluding hydrogens is 284 g/mol. The lowest BCUT2D eigenvalue weighted by Gasteiger charge is -2.21. The summed E-state index contributed by atoms with van der Waals surface area (Å²) in [5.41, 5.74) is 0. The Balaban J connectivity index is 1.50. The van der Waals surface area contributed by atoms with E-state index in [9.17, 15) is 0 Å². The van der Waals surface area contributed by atoms with Crippen molar-refractivity contribution in [2.24, 2.45) is 7.05 Å². The number of piperidine rings is 1. The highest BCUT2D eigenvalue weighted by Crippen LogP contribution is 2.25. The van der Waals surface area contributed by atoms with Crippen LogP contribution < -0.4 is 5.32 Å². The van der Waals surface area contributed by atoms with Gasteiger partial charge in [0.15, 0.2) is 5.16 Å². The maximum atomic E-state index is 4.40. The van der Waals surface area contributed by atoms with E-state index >= 15 is 0 Å². The van der Waals surface area contributed by atoms with Crippen molar-refractivity contribution in [1.29, 1.82) is 0 Å². The van der Waals surface area contributed by atoms with Crippen LogP contribution in [0.25, 0.3) is 0 Å². The maximum Gasteiger partial charge on any atom is 0.190 e. The van der Waals surface area contributed by atoms with E-state index in [1.165, 1.54) is 12.8 Å². The third-order valence-corrected chi connectivity index (χ3v) is 4.96. The van der Waals surface area contributed by atoms with Gasteiger partial charge in [-0.15, -0.1) is 10.2 Å². The van der Waals surface area contributed by atoms with Crippen molar-refractivity contribution in [3.8, 4) is 0 Å². The van der Waals surface area contributed by atoms with Gasteiger partial charge in [0, 0.05) is 44.2 Å². The molecule has 1 fully saturated rings. The lowest BCUT2D eigenvalue weighted by molar-refractivity contribution is 0.436. The number of hydrogen-bond donors (Lipinski definition) is 1. The fraction of sp³-hybridized carbons (Fsp3) is 0.643. The van der Waals surface area contributed by atoms with Crippen molar-refractivity contribution in [2.45, 2.75) is 36.9 Å². The van der Waals surface area contributed by atoms with Crippen LogP contribution in [0.4, 0.5) is 0 Å². The second-order valence-electron chi connectivity index (χ2n) is 5.41. The quantitative estimate of drug-likeness (QED) is 0.650. The molecule has 1 saturated heterocycles. The molecule has 0 spiro atoms. The van der Waals surface area contributed by atoms with Gasteiger partial charge in [-0.3, -0.25) is 4.68 Å². The molecule has 2 aromatic rings. The first-order valence-electron chi connectivity index (χ1n) is 7.55. The van der Waals surface area contributed by atoms with Gasteiger partial charge in [-0.2, -0.15) is 5.10 Å². The molecule has 0 bridgehead atoms. The Morgan fingerprint density at radius 2 is 2.38 bits per heavy atom. The van der Waals surface area contributed by atoms with Crippen LogP contribution in [-0.2, 0) is 13.6 Å². The molecule has 1 atom stereocenters. The van der Waals surface area contributed by atoms with Crippen LogP contribution in [0, 0.1) is 0 Å². The van der Waals surface area contributed by atoms with Crippen LogP contribution in [0.3, 0.4) is 0 Å². The first-order valence-corrected chi connectivity index (χ1v) is 8.53. The summed E-state index contributed by atoms with van der Waals surface area (Å²) in [4.78, 5) is 0. The number of nitrogens with one attached hydrogen (secondary N) is 1. The van der Waals surface area contributed by atoms with E-state index in [0.29, 0.717) is 5.92 Å². The highest BCUT2D eigenvalue weighted by Gasteiger charge is 2.21. The minimum Gasteiger partial charge on any atom is -0.316 e. The molecule has 1 aliphatic rings. The molecule has 3 heterocycles. The zero-order valence-electron chi connectivity index (χ0n) is 12.4. The Morgan fingerprint density at radius 1 is 1.43 bits per heavy atom. The van der Waals surface area contributed by atoms with E-state index in [4.69, 9.17) is 0 Å². The van der Waals surface area contributed by atoms with Gasteiger partial charge >= 0.3 is 0 Å². The van der Waals surface area contributed by atoms with Crippen LogP contribution in [-0.4, -0.2) is 43.4 Å². The van der Waals surface area contributed by atoms with Crippen LogP contribution in [0.15, 0.2) is 23.6 Å². The smallest absolute Gasteiger partial charge is 0.190 e. The number of nitrogens with zero attached hydrogens (tertiary/aromatic N) is 5. The highest BCUT2D eigenvalue weighted by atomic mass is 32.2. The summed E-state index contributed by atoms with van der Waals surface area (Å²) < 4.78 is 4.13. The third-order valence-electron chi connectivity index (χ3n) is 3.85. The highest BCUT2D eigenvalue weighted by molar-refractivity contribution is 7.99. The molecule has 0 aliphatic carbocycles. The molecule has 21 heavy (non-hydrogen) atoms. The number of hydrogen-bond acceptors (Lipinski definition) is 5. The van der Waals surface area contributed by atoms with E-state index in [1.807, 2.05) is 23.1 Å². The van der Waals surface area contributed by atoms with Crippen molar-refractivity contribution in [3.05, 3.63) is 24.3 Å². The molecule has 0 amide bonds. The summed E-state index contributed by atoms with van der Waals surface area (Å²) in [5, 5.41) is 17.4. The molecule has 1 aliphatic heterocycles. The largest absolute Gasteiger partial charge is 0.316 e. The minimum atomic E-state index is 0.509. The lowest BCUT2D eigenvalue weighted by atomic mass is 9.99. The minimum absolute atomic E-state index is 0.509. The number of aromatic nitrogens is 5. The van der Waals surface area contributed by atoms with Crippen LogP contribution in [0.5, 0.6) is 0 Å². The number of thioether (sulfide) groups is 1. The van der Waals surface area contributed by atoms with Crippen molar-refractivity contribution >= 4 is 11.8 Å². The van der Waals surface area contributed by atoms with E-state index in [1.54, 1.807) is 11.8 Å². The second-order valence-corrected chi connectivity index (χ2v) is 6.48. The zero-order chi connectivity index (χ0) is 14.5. The summed E-state index contributed by atoms with van der Waals surface area (Å²) in [6.45, 7) is 3.11. The lowest BCUT2D eigenvalue weighted by Crippen LogP contribution is -2.29. The Bertz CT molecular complexity index is 544. The molecule has 6 nitrogen and oxygen atoms in total. The summed E-state index contributed by atoms with van der Waals surface area (Å²) in [6.07, 6.45) is 7.34. The predicted octanol–water partition coefficient (Wildman–Crippen LogP) is 1.66. The first kappa shape index (κ1) is 14.6. The van der Waals surface area contributed by atoms with Gasteiger partial charge in [0.2, 0.25) is 0 Å². The monoisotopic (exact) mass is 306 g/mol. The Hall–Kier alpha value is -1.34. The van der Waals surface area contributed by atoms with Crippen molar-refractivity contribution in [1.82, 2.24) is 29.9 Å². The molecule has 2 aromatic heterocycles. The van der Waals surface area contributed by atoms with Gasteiger partial charge in [0.1, 0.15) is 5.82 Å². The summed E-state index contributed by atoms with van der Waals surface area (Å²) in [5.74, 6) is 2.67. The normalized spacial score (nSPS) is 19.0. The summed E-state index contributed by atoms with van der Waals surface area (Å²) in [6, 6.07) is 1.96. The molecule has 114 valence electrons. The van der Waals surface area contributed by atoms with E-state index in [-0.39, 0.29) is 0 Å². The molecular formula is C14H22N6S. The average molecular weight is 306 g/mol. The molecule has 1 unspecified atom stereocenters.